The van der Waals surface area contributed by atoms with Gasteiger partial charge in [0.15, 0.2) is 0 Å². The number of imide groups is 1. The lowest BCUT2D eigenvalue weighted by Gasteiger charge is -2.28. The van der Waals surface area contributed by atoms with Crippen LogP contribution in [-0.4, -0.2) is 83.3 Å². The van der Waals surface area contributed by atoms with Crippen molar-refractivity contribution in [2.24, 2.45) is 0 Å². The maximum absolute atomic E-state index is 13.2. The average molecular weight is 494 g/mol. The van der Waals surface area contributed by atoms with Crippen molar-refractivity contribution in [3.8, 4) is 5.75 Å². The topological polar surface area (TPSA) is 114 Å². The zero-order chi connectivity index (χ0) is 25.8. The summed E-state index contributed by atoms with van der Waals surface area (Å²) in [6, 6.07) is 11.7. The highest BCUT2D eigenvalue weighted by Crippen LogP contribution is 2.25. The van der Waals surface area contributed by atoms with Crippen LogP contribution in [0.5, 0.6) is 5.75 Å². The minimum absolute atomic E-state index is 0.195. The van der Waals surface area contributed by atoms with Gasteiger partial charge in [-0.25, -0.2) is 4.79 Å². The molecule has 0 bridgehead atoms. The van der Waals surface area contributed by atoms with Gasteiger partial charge in [-0.1, -0.05) is 12.1 Å². The second-order valence-corrected chi connectivity index (χ2v) is 8.48. The Morgan fingerprint density at radius 2 is 1.44 bits per heavy atom. The minimum atomic E-state index is -0.952. The van der Waals surface area contributed by atoms with Gasteiger partial charge in [0, 0.05) is 31.7 Å². The Morgan fingerprint density at radius 1 is 0.861 bits per heavy atom. The first-order valence-electron chi connectivity index (χ1n) is 11.8. The normalized spacial score (nSPS) is 16.3. The predicted molar refractivity (Wildman–Crippen MR) is 128 cm³/mol. The molecule has 0 radical (unpaired) electrons. The molecule has 0 aliphatic carbocycles. The van der Waals surface area contributed by atoms with E-state index in [2.05, 4.69) is 0 Å². The van der Waals surface area contributed by atoms with E-state index >= 15 is 0 Å². The van der Waals surface area contributed by atoms with Gasteiger partial charge in [0.05, 0.1) is 17.7 Å². The molecule has 1 saturated heterocycles. The van der Waals surface area contributed by atoms with Crippen molar-refractivity contribution in [3.63, 3.8) is 0 Å². The number of carbonyl (C=O) groups excluding carboxylic acids is 5. The Bertz CT molecular complexity index is 1160. The Balaban J connectivity index is 1.37. The molecule has 0 N–H and O–H groups in total. The van der Waals surface area contributed by atoms with Crippen molar-refractivity contribution in [2.75, 3.05) is 32.8 Å². The summed E-state index contributed by atoms with van der Waals surface area (Å²) in [4.78, 5) is 67.5. The third kappa shape index (κ3) is 4.93. The molecule has 0 aromatic heterocycles. The van der Waals surface area contributed by atoms with Gasteiger partial charge in [0.2, 0.25) is 5.91 Å². The fourth-order valence-corrected chi connectivity index (χ4v) is 4.37. The summed E-state index contributed by atoms with van der Waals surface area (Å²) in [7, 11) is 0. The molecule has 36 heavy (non-hydrogen) atoms. The van der Waals surface area contributed by atoms with Crippen LogP contribution in [0.3, 0.4) is 0 Å². The minimum Gasteiger partial charge on any atom is -0.434 e. The van der Waals surface area contributed by atoms with Crippen LogP contribution >= 0.6 is 0 Å². The highest BCUT2D eigenvalue weighted by molar-refractivity contribution is 6.22. The lowest BCUT2D eigenvalue weighted by molar-refractivity contribution is -0.134. The average Bonchev–Trinajstić information content (AvgIpc) is 3.03. The molecule has 4 rings (SSSR count). The smallest absolute Gasteiger partial charge is 0.434 e. The van der Waals surface area contributed by atoms with E-state index in [1.807, 2.05) is 0 Å². The van der Waals surface area contributed by atoms with Crippen LogP contribution in [0.4, 0.5) is 4.79 Å². The lowest BCUT2D eigenvalue weighted by atomic mass is 10.1. The number of ether oxygens (including phenoxy) is 2. The zero-order valence-corrected chi connectivity index (χ0v) is 20.1. The van der Waals surface area contributed by atoms with Crippen molar-refractivity contribution < 1.29 is 33.4 Å². The maximum Gasteiger partial charge on any atom is 0.513 e. The number of nitrogens with zero attached hydrogens (tertiary/aromatic N) is 3. The Morgan fingerprint density at radius 3 is 2.06 bits per heavy atom. The van der Waals surface area contributed by atoms with Gasteiger partial charge >= 0.3 is 6.16 Å². The quantitative estimate of drug-likeness (QED) is 0.357. The number of amides is 4. The maximum atomic E-state index is 13.2. The van der Waals surface area contributed by atoms with Crippen LogP contribution in [0.1, 0.15) is 51.3 Å². The molecule has 2 aliphatic rings. The number of rotatable bonds is 5. The molecule has 4 amide bonds. The molecule has 2 aromatic rings. The standard InChI is InChI=1S/C26H27N3O7/c1-3-35-26(34)36-19-11-9-18(10-12-19)23(31)28-14-6-13-27(15-16-28)22(30)17(2)29-24(32)20-7-4-5-8-21(20)25(29)33/h4-5,7-12,17H,3,6,13-16H2,1-2H3. The Labute approximate surface area is 208 Å². The SMILES string of the molecule is CCOC(=O)Oc1ccc(C(=O)N2CCCN(C(=O)C(C)N3C(=O)c4ccccc4C3=O)CC2)cc1. The van der Waals surface area contributed by atoms with Crippen LogP contribution < -0.4 is 4.74 Å². The van der Waals surface area contributed by atoms with E-state index in [9.17, 15) is 24.0 Å². The molecule has 10 nitrogen and oxygen atoms in total. The number of carbonyl (C=O) groups is 5. The number of hydrogen-bond acceptors (Lipinski definition) is 7. The van der Waals surface area contributed by atoms with Crippen molar-refractivity contribution in [1.29, 1.82) is 0 Å². The van der Waals surface area contributed by atoms with E-state index in [1.165, 1.54) is 12.1 Å². The van der Waals surface area contributed by atoms with Crippen molar-refractivity contribution in [3.05, 3.63) is 65.2 Å². The molecule has 1 atom stereocenters. The number of hydrogen-bond donors (Lipinski definition) is 0. The van der Waals surface area contributed by atoms with Gasteiger partial charge in [-0.3, -0.25) is 24.1 Å². The highest BCUT2D eigenvalue weighted by Gasteiger charge is 2.42. The second kappa shape index (κ2) is 10.6. The van der Waals surface area contributed by atoms with Gasteiger partial charge in [-0.15, -0.1) is 0 Å². The van der Waals surface area contributed by atoms with E-state index in [1.54, 1.807) is 60.0 Å². The summed E-state index contributed by atoms with van der Waals surface area (Å²) < 4.78 is 9.74. The van der Waals surface area contributed by atoms with E-state index in [0.717, 1.165) is 4.90 Å². The zero-order valence-electron chi connectivity index (χ0n) is 20.1. The summed E-state index contributed by atoms with van der Waals surface area (Å²) in [5.74, 6) is -1.23. The fourth-order valence-electron chi connectivity index (χ4n) is 4.37. The summed E-state index contributed by atoms with van der Waals surface area (Å²) in [5, 5.41) is 0. The predicted octanol–water partition coefficient (Wildman–Crippen LogP) is 2.58. The first-order valence-corrected chi connectivity index (χ1v) is 11.8. The number of fused-ring (bicyclic) bond motifs is 1. The largest absolute Gasteiger partial charge is 0.513 e. The molecule has 188 valence electrons. The van der Waals surface area contributed by atoms with Crippen LogP contribution in [0.25, 0.3) is 0 Å². The van der Waals surface area contributed by atoms with Crippen LogP contribution in [0, 0.1) is 0 Å². The van der Waals surface area contributed by atoms with Gasteiger partial charge in [-0.2, -0.15) is 0 Å². The first kappa shape index (κ1) is 24.9. The molecule has 10 heteroatoms. The highest BCUT2D eigenvalue weighted by atomic mass is 16.7. The monoisotopic (exact) mass is 493 g/mol. The van der Waals surface area contributed by atoms with E-state index in [0.29, 0.717) is 42.7 Å². The molecule has 2 heterocycles. The summed E-state index contributed by atoms with van der Waals surface area (Å²) >= 11 is 0. The molecular formula is C26H27N3O7. The summed E-state index contributed by atoms with van der Waals surface area (Å²) in [6.45, 7) is 4.86. The molecule has 0 saturated carbocycles. The Hall–Kier alpha value is -4.21. The van der Waals surface area contributed by atoms with Gasteiger partial charge in [0.25, 0.3) is 17.7 Å². The Kier molecular flexibility index (Phi) is 7.33. The third-order valence-corrected chi connectivity index (χ3v) is 6.23. The van der Waals surface area contributed by atoms with E-state index in [-0.39, 0.29) is 30.7 Å². The molecule has 1 fully saturated rings. The molecule has 1 unspecified atom stereocenters. The van der Waals surface area contributed by atoms with Crippen molar-refractivity contribution in [1.82, 2.24) is 14.7 Å². The van der Waals surface area contributed by atoms with Crippen molar-refractivity contribution >= 4 is 29.8 Å². The molecule has 0 spiro atoms. The van der Waals surface area contributed by atoms with E-state index in [4.69, 9.17) is 9.47 Å². The molecular weight excluding hydrogens is 466 g/mol. The molecule has 2 aliphatic heterocycles. The first-order chi connectivity index (χ1) is 17.3. The van der Waals surface area contributed by atoms with Crippen molar-refractivity contribution in [2.45, 2.75) is 26.3 Å². The molecule has 2 aromatic carbocycles. The van der Waals surface area contributed by atoms with Gasteiger partial charge in [-0.05, 0) is 56.7 Å². The summed E-state index contributed by atoms with van der Waals surface area (Å²) in [5.41, 5.74) is 1.02. The van der Waals surface area contributed by atoms with Crippen LogP contribution in [-0.2, 0) is 9.53 Å². The second-order valence-electron chi connectivity index (χ2n) is 8.48. The van der Waals surface area contributed by atoms with E-state index < -0.39 is 24.0 Å². The van der Waals surface area contributed by atoms with Gasteiger partial charge < -0.3 is 19.3 Å². The van der Waals surface area contributed by atoms with Gasteiger partial charge in [0.1, 0.15) is 11.8 Å². The van der Waals surface area contributed by atoms with Crippen LogP contribution in [0.15, 0.2) is 48.5 Å². The number of benzene rings is 2. The third-order valence-electron chi connectivity index (χ3n) is 6.23. The summed E-state index contributed by atoms with van der Waals surface area (Å²) in [6.07, 6.45) is -0.264. The van der Waals surface area contributed by atoms with Crippen LogP contribution in [0.2, 0.25) is 0 Å². The fraction of sp³-hybridized carbons (Fsp3) is 0.346. The lowest BCUT2D eigenvalue weighted by Crippen LogP contribution is -2.50.